The first-order chi connectivity index (χ1) is 11.9. The Morgan fingerprint density at radius 1 is 1.40 bits per heavy atom. The Kier molecular flexibility index (Phi) is 5.40. The molecule has 136 valence electrons. The number of hydrogen-bond acceptors (Lipinski definition) is 5. The fourth-order valence-corrected chi connectivity index (χ4v) is 3.41. The number of aromatic nitrogens is 2. The van der Waals surface area contributed by atoms with Gasteiger partial charge in [-0.1, -0.05) is 6.07 Å². The second-order valence-corrected chi connectivity index (χ2v) is 6.65. The minimum absolute atomic E-state index is 0.0737. The van der Waals surface area contributed by atoms with Crippen LogP contribution in [-0.2, 0) is 0 Å². The number of hydrogen-bond donors (Lipinski definition) is 3. The van der Waals surface area contributed by atoms with Gasteiger partial charge in [-0.05, 0) is 17.5 Å². The SMILES string of the molecule is O=C(NCC(N1CCNCC1)C(F)(F)F)c1cc(-c2cccs2)[nH]n1. The molecular formula is C15H18F3N5OS. The maximum Gasteiger partial charge on any atom is 0.405 e. The number of halogens is 3. The first-order valence-corrected chi connectivity index (χ1v) is 8.72. The molecule has 3 rings (SSSR count). The zero-order chi connectivity index (χ0) is 17.9. The normalized spacial score (nSPS) is 17.4. The third-order valence-electron chi connectivity index (χ3n) is 4.02. The monoisotopic (exact) mass is 373 g/mol. The van der Waals surface area contributed by atoms with Gasteiger partial charge in [0.2, 0.25) is 0 Å². The largest absolute Gasteiger partial charge is 0.405 e. The smallest absolute Gasteiger partial charge is 0.349 e. The van der Waals surface area contributed by atoms with Crippen LogP contribution in [0.1, 0.15) is 10.5 Å². The van der Waals surface area contributed by atoms with Gasteiger partial charge in [0.25, 0.3) is 5.91 Å². The molecule has 0 aliphatic carbocycles. The second kappa shape index (κ2) is 7.54. The number of carbonyl (C=O) groups is 1. The summed E-state index contributed by atoms with van der Waals surface area (Å²) in [4.78, 5) is 14.4. The molecule has 0 bridgehead atoms. The number of alkyl halides is 3. The predicted octanol–water partition coefficient (Wildman–Crippen LogP) is 1.70. The van der Waals surface area contributed by atoms with E-state index in [-0.39, 0.29) is 5.69 Å². The summed E-state index contributed by atoms with van der Waals surface area (Å²) < 4.78 is 39.9. The van der Waals surface area contributed by atoms with Gasteiger partial charge in [-0.3, -0.25) is 14.8 Å². The van der Waals surface area contributed by atoms with Crippen molar-refractivity contribution in [1.82, 2.24) is 25.7 Å². The Morgan fingerprint density at radius 3 is 2.80 bits per heavy atom. The van der Waals surface area contributed by atoms with Crippen molar-refractivity contribution in [1.29, 1.82) is 0 Å². The van der Waals surface area contributed by atoms with Crippen LogP contribution in [0.4, 0.5) is 13.2 Å². The van der Waals surface area contributed by atoms with Crippen molar-refractivity contribution in [2.75, 3.05) is 32.7 Å². The fraction of sp³-hybridized carbons (Fsp3) is 0.467. The Hall–Kier alpha value is -1.91. The molecule has 1 aliphatic heterocycles. The number of nitrogens with zero attached hydrogens (tertiary/aromatic N) is 2. The van der Waals surface area contributed by atoms with E-state index in [1.54, 1.807) is 0 Å². The molecule has 0 saturated carbocycles. The number of thiophene rings is 1. The van der Waals surface area contributed by atoms with Crippen molar-refractivity contribution >= 4 is 17.2 Å². The lowest BCUT2D eigenvalue weighted by atomic mass is 10.2. The van der Waals surface area contributed by atoms with Crippen molar-refractivity contribution in [3.05, 3.63) is 29.3 Å². The Balaban J connectivity index is 1.63. The molecule has 0 aromatic carbocycles. The summed E-state index contributed by atoms with van der Waals surface area (Å²) in [6.07, 6.45) is -4.40. The molecule has 3 N–H and O–H groups in total. The Bertz CT molecular complexity index is 694. The standard InChI is InChI=1S/C15H18F3N5OS/c16-15(17,18)13(23-5-3-19-4-6-23)9-20-14(24)11-8-10(21-22-11)12-2-1-7-25-12/h1-2,7-8,13,19H,3-6,9H2,(H,20,24)(H,21,22). The molecule has 3 heterocycles. The molecular weight excluding hydrogens is 355 g/mol. The maximum absolute atomic E-state index is 13.3. The summed E-state index contributed by atoms with van der Waals surface area (Å²) in [5.41, 5.74) is 0.735. The first kappa shape index (κ1) is 17.9. The molecule has 1 fully saturated rings. The number of H-pyrrole nitrogens is 1. The number of amides is 1. The molecule has 1 aliphatic rings. The van der Waals surface area contributed by atoms with Crippen LogP contribution in [0.3, 0.4) is 0 Å². The van der Waals surface area contributed by atoms with Gasteiger partial charge in [-0.15, -0.1) is 11.3 Å². The van der Waals surface area contributed by atoms with Gasteiger partial charge in [0.05, 0.1) is 10.6 Å². The molecule has 10 heteroatoms. The minimum atomic E-state index is -4.40. The van der Waals surface area contributed by atoms with Crippen LogP contribution >= 0.6 is 11.3 Å². The Morgan fingerprint density at radius 2 is 2.16 bits per heavy atom. The van der Waals surface area contributed by atoms with Crippen molar-refractivity contribution in [2.24, 2.45) is 0 Å². The van der Waals surface area contributed by atoms with Crippen LogP contribution in [0.15, 0.2) is 23.6 Å². The van der Waals surface area contributed by atoms with E-state index in [2.05, 4.69) is 20.8 Å². The zero-order valence-corrected chi connectivity index (χ0v) is 14.1. The Labute approximate surface area is 146 Å². The number of carbonyl (C=O) groups excluding carboxylic acids is 1. The minimum Gasteiger partial charge on any atom is -0.349 e. The number of piperazine rings is 1. The van der Waals surface area contributed by atoms with E-state index >= 15 is 0 Å². The van der Waals surface area contributed by atoms with Gasteiger partial charge in [0.15, 0.2) is 5.69 Å². The topological polar surface area (TPSA) is 73.1 Å². The molecule has 0 spiro atoms. The van der Waals surface area contributed by atoms with Gasteiger partial charge < -0.3 is 10.6 Å². The molecule has 6 nitrogen and oxygen atoms in total. The van der Waals surface area contributed by atoms with E-state index in [0.29, 0.717) is 31.9 Å². The highest BCUT2D eigenvalue weighted by Gasteiger charge is 2.43. The van der Waals surface area contributed by atoms with Gasteiger partial charge in [0, 0.05) is 32.7 Å². The second-order valence-electron chi connectivity index (χ2n) is 5.70. The maximum atomic E-state index is 13.3. The van der Waals surface area contributed by atoms with Crippen LogP contribution in [0.25, 0.3) is 10.6 Å². The van der Waals surface area contributed by atoms with Gasteiger partial charge in [-0.25, -0.2) is 0 Å². The third kappa shape index (κ3) is 4.39. The van der Waals surface area contributed by atoms with E-state index in [9.17, 15) is 18.0 Å². The van der Waals surface area contributed by atoms with Crippen LogP contribution < -0.4 is 10.6 Å². The van der Waals surface area contributed by atoms with E-state index < -0.39 is 24.7 Å². The third-order valence-corrected chi connectivity index (χ3v) is 4.93. The van der Waals surface area contributed by atoms with Crippen molar-refractivity contribution < 1.29 is 18.0 Å². The summed E-state index contributed by atoms with van der Waals surface area (Å²) in [7, 11) is 0. The highest BCUT2D eigenvalue weighted by Crippen LogP contribution is 2.25. The lowest BCUT2D eigenvalue weighted by Crippen LogP contribution is -2.57. The highest BCUT2D eigenvalue weighted by atomic mass is 32.1. The highest BCUT2D eigenvalue weighted by molar-refractivity contribution is 7.13. The summed E-state index contributed by atoms with van der Waals surface area (Å²) in [5, 5.41) is 13.9. The van der Waals surface area contributed by atoms with Gasteiger partial charge in [-0.2, -0.15) is 18.3 Å². The first-order valence-electron chi connectivity index (χ1n) is 7.84. The lowest BCUT2D eigenvalue weighted by Gasteiger charge is -2.35. The van der Waals surface area contributed by atoms with Gasteiger partial charge in [0.1, 0.15) is 6.04 Å². The lowest BCUT2D eigenvalue weighted by molar-refractivity contribution is -0.183. The quantitative estimate of drug-likeness (QED) is 0.746. The van der Waals surface area contributed by atoms with E-state index in [1.807, 2.05) is 17.5 Å². The van der Waals surface area contributed by atoms with Crippen LogP contribution in [0.5, 0.6) is 0 Å². The van der Waals surface area contributed by atoms with Crippen molar-refractivity contribution in [3.63, 3.8) is 0 Å². The molecule has 1 saturated heterocycles. The fourth-order valence-electron chi connectivity index (χ4n) is 2.72. The zero-order valence-electron chi connectivity index (χ0n) is 13.3. The number of aromatic amines is 1. The molecule has 2 aromatic rings. The average molecular weight is 373 g/mol. The molecule has 1 atom stereocenters. The summed E-state index contributed by atoms with van der Waals surface area (Å²) in [5.74, 6) is -0.622. The number of nitrogens with one attached hydrogen (secondary N) is 3. The number of rotatable bonds is 5. The molecule has 1 unspecified atom stereocenters. The van der Waals surface area contributed by atoms with Crippen LogP contribution in [-0.4, -0.2) is 65.9 Å². The van der Waals surface area contributed by atoms with Crippen LogP contribution in [0, 0.1) is 0 Å². The van der Waals surface area contributed by atoms with E-state index in [1.165, 1.54) is 22.3 Å². The summed E-state index contributed by atoms with van der Waals surface area (Å²) >= 11 is 1.48. The van der Waals surface area contributed by atoms with Crippen molar-refractivity contribution in [3.8, 4) is 10.6 Å². The molecule has 0 radical (unpaired) electrons. The summed E-state index contributed by atoms with van der Waals surface area (Å²) in [6.45, 7) is 1.10. The van der Waals surface area contributed by atoms with E-state index in [0.717, 1.165) is 4.88 Å². The summed E-state index contributed by atoms with van der Waals surface area (Å²) in [6, 6.07) is 3.56. The average Bonchev–Trinajstić information content (AvgIpc) is 3.26. The van der Waals surface area contributed by atoms with Gasteiger partial charge >= 0.3 is 6.18 Å². The predicted molar refractivity (Wildman–Crippen MR) is 88.5 cm³/mol. The molecule has 25 heavy (non-hydrogen) atoms. The molecule has 2 aromatic heterocycles. The van der Waals surface area contributed by atoms with E-state index in [4.69, 9.17) is 0 Å². The van der Waals surface area contributed by atoms with Crippen LogP contribution in [0.2, 0.25) is 0 Å². The van der Waals surface area contributed by atoms with Crippen molar-refractivity contribution in [2.45, 2.75) is 12.2 Å². The molecule has 1 amide bonds.